The maximum absolute atomic E-state index is 3.99. The Morgan fingerprint density at radius 1 is 1.38 bits per heavy atom. The summed E-state index contributed by atoms with van der Waals surface area (Å²) >= 11 is 0. The van der Waals surface area contributed by atoms with Crippen molar-refractivity contribution in [3.8, 4) is 0 Å². The van der Waals surface area contributed by atoms with E-state index in [1.165, 1.54) is 24.8 Å². The van der Waals surface area contributed by atoms with Gasteiger partial charge in [0.2, 0.25) is 0 Å². The van der Waals surface area contributed by atoms with Gasteiger partial charge in [-0.1, -0.05) is 25.5 Å². The summed E-state index contributed by atoms with van der Waals surface area (Å²) in [4.78, 5) is 0. The second-order valence-corrected chi connectivity index (χ2v) is 3.56. The van der Waals surface area contributed by atoms with Gasteiger partial charge in [-0.05, 0) is 39.9 Å². The maximum atomic E-state index is 3.99. The van der Waals surface area contributed by atoms with Gasteiger partial charge in [0.05, 0.1) is 0 Å². The molecule has 0 radical (unpaired) electrons. The molecule has 0 rings (SSSR count). The monoisotopic (exact) mass is 184 g/mol. The molecule has 0 amide bonds. The lowest BCUT2D eigenvalue weighted by molar-refractivity contribution is 0.516. The second-order valence-electron chi connectivity index (χ2n) is 3.56. The number of nitrogens with one attached hydrogen (secondary N) is 2. The van der Waals surface area contributed by atoms with Crippen molar-refractivity contribution in [3.05, 3.63) is 12.2 Å². The van der Waals surface area contributed by atoms with Crippen LogP contribution >= 0.6 is 0 Å². The van der Waals surface area contributed by atoms with Gasteiger partial charge in [-0.2, -0.15) is 0 Å². The van der Waals surface area contributed by atoms with E-state index in [-0.39, 0.29) is 0 Å². The first kappa shape index (κ1) is 12.7. The van der Waals surface area contributed by atoms with Gasteiger partial charge < -0.3 is 10.6 Å². The molecule has 0 aliphatic heterocycles. The van der Waals surface area contributed by atoms with E-state index in [0.717, 1.165) is 13.1 Å². The van der Waals surface area contributed by atoms with Crippen molar-refractivity contribution in [3.63, 3.8) is 0 Å². The fourth-order valence-electron chi connectivity index (χ4n) is 1.42. The van der Waals surface area contributed by atoms with Gasteiger partial charge in [-0.25, -0.2) is 0 Å². The quantitative estimate of drug-likeness (QED) is 0.445. The van der Waals surface area contributed by atoms with Gasteiger partial charge in [-0.3, -0.25) is 0 Å². The van der Waals surface area contributed by atoms with Crippen molar-refractivity contribution in [1.82, 2.24) is 10.6 Å². The summed E-state index contributed by atoms with van der Waals surface area (Å²) in [5.41, 5.74) is 1.26. The number of likely N-dealkylation sites (N-methyl/N-ethyl adjacent to an activating group) is 1. The van der Waals surface area contributed by atoms with E-state index in [4.69, 9.17) is 0 Å². The molecule has 2 nitrogen and oxygen atoms in total. The summed E-state index contributed by atoms with van der Waals surface area (Å²) in [6.45, 7) is 10.4. The topological polar surface area (TPSA) is 24.1 Å². The van der Waals surface area contributed by atoms with E-state index in [0.29, 0.717) is 6.04 Å². The molecule has 0 saturated carbocycles. The van der Waals surface area contributed by atoms with Gasteiger partial charge in [0.25, 0.3) is 0 Å². The van der Waals surface area contributed by atoms with Crippen LogP contribution in [-0.2, 0) is 0 Å². The van der Waals surface area contributed by atoms with E-state index < -0.39 is 0 Å². The molecular weight excluding hydrogens is 160 g/mol. The minimum absolute atomic E-state index is 0.516. The molecule has 0 aliphatic rings. The summed E-state index contributed by atoms with van der Waals surface area (Å²) < 4.78 is 0. The molecule has 0 bridgehead atoms. The molecule has 2 heteroatoms. The highest BCUT2D eigenvalue weighted by atomic mass is 14.9. The summed E-state index contributed by atoms with van der Waals surface area (Å²) in [6.07, 6.45) is 3.74. The third-order valence-corrected chi connectivity index (χ3v) is 2.21. The van der Waals surface area contributed by atoms with Gasteiger partial charge in [0.1, 0.15) is 0 Å². The molecule has 0 saturated heterocycles. The van der Waals surface area contributed by atoms with Crippen molar-refractivity contribution in [2.75, 3.05) is 20.1 Å². The SMILES string of the molecule is C=C(C)C(CCCCNC)NCC. The molecule has 0 aromatic rings. The number of hydrogen-bond donors (Lipinski definition) is 2. The molecule has 13 heavy (non-hydrogen) atoms. The fraction of sp³-hybridized carbons (Fsp3) is 0.818. The zero-order chi connectivity index (χ0) is 10.1. The van der Waals surface area contributed by atoms with Gasteiger partial charge >= 0.3 is 0 Å². The van der Waals surface area contributed by atoms with Crippen LogP contribution in [0.5, 0.6) is 0 Å². The van der Waals surface area contributed by atoms with Crippen molar-refractivity contribution in [1.29, 1.82) is 0 Å². The lowest BCUT2D eigenvalue weighted by Crippen LogP contribution is -2.29. The van der Waals surface area contributed by atoms with Crippen LogP contribution in [0.2, 0.25) is 0 Å². The smallest absolute Gasteiger partial charge is 0.0273 e. The Bertz CT molecular complexity index is 132. The Morgan fingerprint density at radius 2 is 2.08 bits per heavy atom. The Labute approximate surface area is 82.8 Å². The molecule has 0 aromatic heterocycles. The van der Waals surface area contributed by atoms with Crippen molar-refractivity contribution < 1.29 is 0 Å². The Hall–Kier alpha value is -0.340. The lowest BCUT2D eigenvalue weighted by Gasteiger charge is -2.17. The van der Waals surface area contributed by atoms with E-state index in [9.17, 15) is 0 Å². The summed E-state index contributed by atoms with van der Waals surface area (Å²) in [5, 5.41) is 6.60. The summed E-state index contributed by atoms with van der Waals surface area (Å²) in [5.74, 6) is 0. The largest absolute Gasteiger partial charge is 0.320 e. The summed E-state index contributed by atoms with van der Waals surface area (Å²) in [6, 6.07) is 0.516. The zero-order valence-corrected chi connectivity index (χ0v) is 9.32. The molecule has 1 unspecified atom stereocenters. The van der Waals surface area contributed by atoms with Crippen molar-refractivity contribution in [2.45, 2.75) is 39.2 Å². The van der Waals surface area contributed by atoms with Crippen molar-refractivity contribution in [2.24, 2.45) is 0 Å². The molecular formula is C11H24N2. The van der Waals surface area contributed by atoms with Crippen LogP contribution in [0.1, 0.15) is 33.1 Å². The van der Waals surface area contributed by atoms with Crippen LogP contribution in [-0.4, -0.2) is 26.2 Å². The van der Waals surface area contributed by atoms with Crippen LogP contribution in [0.4, 0.5) is 0 Å². The lowest BCUT2D eigenvalue weighted by atomic mass is 10.0. The molecule has 0 heterocycles. The van der Waals surface area contributed by atoms with Crippen LogP contribution in [0.15, 0.2) is 12.2 Å². The zero-order valence-electron chi connectivity index (χ0n) is 9.32. The van der Waals surface area contributed by atoms with Crippen LogP contribution < -0.4 is 10.6 Å². The van der Waals surface area contributed by atoms with Crippen LogP contribution in [0.3, 0.4) is 0 Å². The summed E-state index contributed by atoms with van der Waals surface area (Å²) in [7, 11) is 2.00. The number of unbranched alkanes of at least 4 members (excludes halogenated alkanes) is 1. The molecule has 0 fully saturated rings. The minimum atomic E-state index is 0.516. The highest BCUT2D eigenvalue weighted by Gasteiger charge is 2.06. The van der Waals surface area contributed by atoms with Gasteiger partial charge in [-0.15, -0.1) is 0 Å². The first-order valence-electron chi connectivity index (χ1n) is 5.25. The number of hydrogen-bond acceptors (Lipinski definition) is 2. The van der Waals surface area contributed by atoms with E-state index in [2.05, 4.69) is 31.1 Å². The minimum Gasteiger partial charge on any atom is -0.320 e. The van der Waals surface area contributed by atoms with E-state index in [1.807, 2.05) is 7.05 Å². The maximum Gasteiger partial charge on any atom is 0.0273 e. The first-order valence-corrected chi connectivity index (χ1v) is 5.25. The Kier molecular flexibility index (Phi) is 8.05. The first-order chi connectivity index (χ1) is 6.22. The van der Waals surface area contributed by atoms with E-state index >= 15 is 0 Å². The predicted molar refractivity (Wildman–Crippen MR) is 60.1 cm³/mol. The average molecular weight is 184 g/mol. The van der Waals surface area contributed by atoms with Gasteiger partial charge in [0, 0.05) is 6.04 Å². The van der Waals surface area contributed by atoms with Gasteiger partial charge in [0.15, 0.2) is 0 Å². The highest BCUT2D eigenvalue weighted by molar-refractivity contribution is 5.00. The molecule has 2 N–H and O–H groups in total. The molecule has 0 spiro atoms. The molecule has 0 aromatic carbocycles. The molecule has 0 aliphatic carbocycles. The molecule has 1 atom stereocenters. The average Bonchev–Trinajstić information content (AvgIpc) is 2.10. The predicted octanol–water partition coefficient (Wildman–Crippen LogP) is 1.93. The number of rotatable bonds is 8. The fourth-order valence-corrected chi connectivity index (χ4v) is 1.42. The normalized spacial score (nSPS) is 12.8. The van der Waals surface area contributed by atoms with Crippen molar-refractivity contribution >= 4 is 0 Å². The second kappa shape index (κ2) is 8.27. The van der Waals surface area contributed by atoms with Crippen LogP contribution in [0, 0.1) is 0 Å². The van der Waals surface area contributed by atoms with E-state index in [1.54, 1.807) is 0 Å². The Balaban J connectivity index is 3.51. The third-order valence-electron chi connectivity index (χ3n) is 2.21. The van der Waals surface area contributed by atoms with Crippen LogP contribution in [0.25, 0.3) is 0 Å². The standard InChI is InChI=1S/C11H24N2/c1-5-13-11(10(2)3)8-6-7-9-12-4/h11-13H,2,5-9H2,1,3-4H3. The highest BCUT2D eigenvalue weighted by Crippen LogP contribution is 2.07. The Morgan fingerprint density at radius 3 is 2.54 bits per heavy atom. The molecule has 78 valence electrons. The third kappa shape index (κ3) is 6.79.